The maximum absolute atomic E-state index is 13.1. The van der Waals surface area contributed by atoms with Crippen LogP contribution in [0.3, 0.4) is 0 Å². The highest BCUT2D eigenvalue weighted by Gasteiger charge is 2.27. The molecule has 0 saturated carbocycles. The minimum atomic E-state index is -1.24. The minimum absolute atomic E-state index is 0.0597. The molecule has 0 aliphatic heterocycles. The first-order chi connectivity index (χ1) is 17.1. The lowest BCUT2D eigenvalue weighted by atomic mass is 10.2. The summed E-state index contributed by atoms with van der Waals surface area (Å²) in [7, 11) is 1.59. The van der Waals surface area contributed by atoms with E-state index in [4.69, 9.17) is 9.47 Å². The van der Waals surface area contributed by atoms with E-state index in [9.17, 15) is 19.8 Å². The zero-order chi connectivity index (χ0) is 25.8. The number of phenols is 1. The maximum atomic E-state index is 13.1. The van der Waals surface area contributed by atoms with Crippen molar-refractivity contribution in [3.05, 3.63) is 54.6 Å². The summed E-state index contributed by atoms with van der Waals surface area (Å²) >= 11 is 1.38. The molecular weight excluding hydrogens is 482 g/mol. The number of benzene rings is 2. The van der Waals surface area contributed by atoms with Crippen molar-refractivity contribution in [2.45, 2.75) is 26.4 Å². The van der Waals surface area contributed by atoms with E-state index in [0.29, 0.717) is 32.6 Å². The van der Waals surface area contributed by atoms with Gasteiger partial charge in [-0.3, -0.25) is 0 Å². The Morgan fingerprint density at radius 2 is 1.81 bits per heavy atom. The maximum Gasteiger partial charge on any atom is 0.435 e. The molecule has 0 bridgehead atoms. The first-order valence-corrected chi connectivity index (χ1v) is 11.9. The molecule has 0 aliphatic carbocycles. The van der Waals surface area contributed by atoms with Crippen LogP contribution in [0.15, 0.2) is 54.6 Å². The van der Waals surface area contributed by atoms with Gasteiger partial charge < -0.3 is 19.7 Å². The first kappa shape index (κ1) is 23.4. The summed E-state index contributed by atoms with van der Waals surface area (Å²) in [6.07, 6.45) is -1.92. The highest BCUT2D eigenvalue weighted by molar-refractivity contribution is 7.22. The number of hydrogen-bond donors (Lipinski definition) is 2. The van der Waals surface area contributed by atoms with E-state index >= 15 is 0 Å². The van der Waals surface area contributed by atoms with Gasteiger partial charge in [-0.1, -0.05) is 12.1 Å². The van der Waals surface area contributed by atoms with E-state index in [2.05, 4.69) is 5.10 Å². The zero-order valence-corrected chi connectivity index (χ0v) is 20.8. The normalized spacial score (nSPS) is 11.8. The highest BCUT2D eigenvalue weighted by Crippen LogP contribution is 2.41. The smallest absolute Gasteiger partial charge is 0.435 e. The van der Waals surface area contributed by atoms with Gasteiger partial charge in [-0.05, 0) is 62.7 Å². The molecule has 5 aromatic rings. The molecule has 0 spiro atoms. The number of carboxylic acid groups (broad SMARTS) is 1. The number of phenolic OH excluding ortho intramolecular Hbond substituents is 1. The summed E-state index contributed by atoms with van der Waals surface area (Å²) in [5.74, 6) is 0.625. The minimum Gasteiger partial charge on any atom is -0.508 e. The summed E-state index contributed by atoms with van der Waals surface area (Å²) < 4.78 is 13.8. The molecule has 0 unspecified atom stereocenters. The van der Waals surface area contributed by atoms with Crippen LogP contribution in [0.25, 0.3) is 42.9 Å². The third-order valence-electron chi connectivity index (χ3n) is 5.50. The molecule has 3 heterocycles. The number of carbonyl (C=O) groups is 2. The molecule has 5 rings (SSSR count). The second-order valence-corrected chi connectivity index (χ2v) is 10.2. The average molecular weight is 506 g/mol. The molecule has 0 fully saturated rings. The number of nitrogens with zero attached hydrogens (tertiary/aromatic N) is 3. The predicted molar refractivity (Wildman–Crippen MR) is 137 cm³/mol. The monoisotopic (exact) mass is 505 g/mol. The van der Waals surface area contributed by atoms with Crippen molar-refractivity contribution in [2.24, 2.45) is 0 Å². The third kappa shape index (κ3) is 4.05. The summed E-state index contributed by atoms with van der Waals surface area (Å²) in [6, 6.07) is 15.5. The fourth-order valence-electron chi connectivity index (χ4n) is 4.01. The van der Waals surface area contributed by atoms with Crippen LogP contribution in [0.2, 0.25) is 0 Å². The van der Waals surface area contributed by atoms with Gasteiger partial charge in [0, 0.05) is 16.3 Å². The Labute approximate surface area is 209 Å². The summed E-state index contributed by atoms with van der Waals surface area (Å²) in [5, 5.41) is 25.1. The fraction of sp³-hybridized carbons (Fsp3) is 0.192. The first-order valence-electron chi connectivity index (χ1n) is 11.0. The fourth-order valence-corrected chi connectivity index (χ4v) is 5.14. The van der Waals surface area contributed by atoms with Crippen LogP contribution in [-0.2, 0) is 4.74 Å². The quantitative estimate of drug-likeness (QED) is 0.291. The van der Waals surface area contributed by atoms with Crippen LogP contribution in [-0.4, -0.2) is 49.5 Å². The molecule has 2 aromatic carbocycles. The van der Waals surface area contributed by atoms with Crippen LogP contribution in [0.1, 0.15) is 20.8 Å². The van der Waals surface area contributed by atoms with Gasteiger partial charge in [0.2, 0.25) is 0 Å². The lowest BCUT2D eigenvalue weighted by Crippen LogP contribution is -2.27. The van der Waals surface area contributed by atoms with Crippen molar-refractivity contribution >= 4 is 44.6 Å². The second-order valence-electron chi connectivity index (χ2n) is 9.19. The van der Waals surface area contributed by atoms with Crippen LogP contribution in [0.5, 0.6) is 11.5 Å². The van der Waals surface area contributed by atoms with Crippen molar-refractivity contribution in [2.75, 3.05) is 7.11 Å². The van der Waals surface area contributed by atoms with E-state index in [1.165, 1.54) is 23.5 Å². The van der Waals surface area contributed by atoms with Gasteiger partial charge in [-0.2, -0.15) is 9.78 Å². The van der Waals surface area contributed by atoms with Crippen LogP contribution >= 0.6 is 11.3 Å². The third-order valence-corrected chi connectivity index (χ3v) is 6.68. The summed E-state index contributed by atoms with van der Waals surface area (Å²) in [4.78, 5) is 26.2. The Hall–Kier alpha value is -4.31. The Morgan fingerprint density at radius 3 is 2.50 bits per heavy atom. The van der Waals surface area contributed by atoms with Crippen molar-refractivity contribution in [3.63, 3.8) is 0 Å². The van der Waals surface area contributed by atoms with E-state index in [1.807, 2.05) is 30.3 Å². The average Bonchev–Trinajstić information content (AvgIpc) is 3.49. The van der Waals surface area contributed by atoms with Crippen LogP contribution in [0, 0.1) is 0 Å². The molecular formula is C26H23N3O6S. The molecule has 2 N–H and O–H groups in total. The van der Waals surface area contributed by atoms with Crippen molar-refractivity contribution in [1.29, 1.82) is 0 Å². The number of ether oxygens (including phenoxy) is 2. The van der Waals surface area contributed by atoms with E-state index < -0.39 is 17.8 Å². The van der Waals surface area contributed by atoms with Gasteiger partial charge in [0.15, 0.2) is 0 Å². The molecule has 0 radical (unpaired) electrons. The number of fused-ring (bicyclic) bond motifs is 2. The number of aromatic hydroxyl groups is 1. The van der Waals surface area contributed by atoms with Gasteiger partial charge in [0.1, 0.15) is 22.8 Å². The summed E-state index contributed by atoms with van der Waals surface area (Å²) in [5.41, 5.74) is 1.51. The topological polar surface area (TPSA) is 116 Å². The lowest BCUT2D eigenvalue weighted by molar-refractivity contribution is 0.0523. The van der Waals surface area contributed by atoms with E-state index in [-0.39, 0.29) is 11.4 Å². The van der Waals surface area contributed by atoms with E-state index in [0.717, 1.165) is 19.7 Å². The Balaban J connectivity index is 1.78. The van der Waals surface area contributed by atoms with E-state index in [1.54, 1.807) is 40.0 Å². The number of thiophene rings is 1. The van der Waals surface area contributed by atoms with Gasteiger partial charge in [-0.15, -0.1) is 11.3 Å². The van der Waals surface area contributed by atoms with Crippen molar-refractivity contribution in [1.82, 2.24) is 14.3 Å². The highest BCUT2D eigenvalue weighted by atomic mass is 32.1. The zero-order valence-electron chi connectivity index (χ0n) is 20.0. The van der Waals surface area contributed by atoms with Crippen molar-refractivity contribution in [3.8, 4) is 33.3 Å². The van der Waals surface area contributed by atoms with Gasteiger partial charge in [-0.25, -0.2) is 14.2 Å². The molecule has 10 heteroatoms. The number of methoxy groups -OCH3 is 1. The van der Waals surface area contributed by atoms with Gasteiger partial charge in [0.05, 0.1) is 28.5 Å². The van der Waals surface area contributed by atoms with Gasteiger partial charge >= 0.3 is 12.2 Å². The standard InChI is InChI=1S/C26H23N3O6S/c1-26(2,3)35-25(33)29-20-13-21(15-6-5-7-17(10-15)34-4)36-23(20)22(27-29)19-11-14-8-9-16(30)12-18(14)28(19)24(31)32/h5-13,30H,1-4H3,(H,31,32). The molecule has 184 valence electrons. The van der Waals surface area contributed by atoms with Crippen LogP contribution < -0.4 is 4.74 Å². The number of aromatic nitrogens is 3. The number of rotatable bonds is 3. The Morgan fingerprint density at radius 1 is 1.03 bits per heavy atom. The second kappa shape index (κ2) is 8.42. The molecule has 9 nitrogen and oxygen atoms in total. The molecule has 0 atom stereocenters. The Kier molecular flexibility index (Phi) is 5.48. The predicted octanol–water partition coefficient (Wildman–Crippen LogP) is 6.41. The SMILES string of the molecule is COc1cccc(-c2cc3c(s2)c(-c2cc4ccc(O)cc4n2C(=O)O)nn3C(=O)OC(C)(C)C)c1. The molecule has 0 amide bonds. The Bertz CT molecular complexity index is 1650. The molecule has 3 aromatic heterocycles. The van der Waals surface area contributed by atoms with Crippen molar-refractivity contribution < 1.29 is 29.3 Å². The number of hydrogen-bond acceptors (Lipinski definition) is 7. The van der Waals surface area contributed by atoms with Crippen LogP contribution in [0.4, 0.5) is 9.59 Å². The number of carbonyl (C=O) groups excluding carboxylic acids is 1. The molecule has 0 aliphatic rings. The van der Waals surface area contributed by atoms with Gasteiger partial charge in [0.25, 0.3) is 0 Å². The summed E-state index contributed by atoms with van der Waals surface area (Å²) in [6.45, 7) is 5.28. The molecule has 0 saturated heterocycles. The molecule has 36 heavy (non-hydrogen) atoms. The largest absolute Gasteiger partial charge is 0.508 e. The lowest BCUT2D eigenvalue weighted by Gasteiger charge is -2.19.